The number of alkyl halides is 1. The molecule has 3 heterocycles. The van der Waals surface area contributed by atoms with Gasteiger partial charge in [0.05, 0.1) is 24.5 Å². The number of anilines is 2. The Balaban J connectivity index is 1.46. The normalized spacial score (nSPS) is 16.8. The largest absolute Gasteiger partial charge is 0.336 e. The number of aromatic nitrogens is 4. The number of nitriles is 1. The molecule has 1 aliphatic heterocycles. The molecule has 0 saturated carbocycles. The van der Waals surface area contributed by atoms with Crippen LogP contribution < -0.4 is 5.32 Å². The number of carbonyl (C=O) groups excluding carboxylic acids is 1. The van der Waals surface area contributed by atoms with Gasteiger partial charge in [0.2, 0.25) is 5.95 Å². The third-order valence-electron chi connectivity index (χ3n) is 4.94. The van der Waals surface area contributed by atoms with Crippen molar-refractivity contribution in [2.24, 2.45) is 0 Å². The summed E-state index contributed by atoms with van der Waals surface area (Å²) in [5.74, 6) is 0.232. The molecule has 0 aliphatic carbocycles. The van der Waals surface area contributed by atoms with E-state index in [0.29, 0.717) is 30.2 Å². The lowest BCUT2D eigenvalue weighted by atomic mass is 10.2. The molecule has 1 amide bonds. The molecule has 1 saturated heterocycles. The van der Waals surface area contributed by atoms with Gasteiger partial charge in [-0.1, -0.05) is 0 Å². The third-order valence-corrected chi connectivity index (χ3v) is 4.94. The summed E-state index contributed by atoms with van der Waals surface area (Å²) in [5.41, 5.74) is 2.69. The zero-order valence-electron chi connectivity index (χ0n) is 16.4. The Kier molecular flexibility index (Phi) is 5.39. The van der Waals surface area contributed by atoms with E-state index in [9.17, 15) is 9.18 Å². The molecule has 1 fully saturated rings. The van der Waals surface area contributed by atoms with Crippen molar-refractivity contribution >= 4 is 17.5 Å². The summed E-state index contributed by atoms with van der Waals surface area (Å²) in [6.07, 6.45) is 4.51. The second kappa shape index (κ2) is 8.29. The summed E-state index contributed by atoms with van der Waals surface area (Å²) < 4.78 is 14.9. The zero-order valence-corrected chi connectivity index (χ0v) is 16.4. The van der Waals surface area contributed by atoms with Crippen LogP contribution in [-0.4, -0.2) is 49.8 Å². The van der Waals surface area contributed by atoms with Crippen molar-refractivity contribution in [3.63, 3.8) is 0 Å². The van der Waals surface area contributed by atoms with Crippen LogP contribution in [0.4, 0.5) is 16.0 Å². The van der Waals surface area contributed by atoms with E-state index in [1.165, 1.54) is 4.90 Å². The molecular weight excluding hydrogens is 385 g/mol. The maximum Gasteiger partial charge on any atom is 0.253 e. The highest BCUT2D eigenvalue weighted by Crippen LogP contribution is 2.21. The van der Waals surface area contributed by atoms with Gasteiger partial charge in [0.15, 0.2) is 0 Å². The molecule has 2 aromatic heterocycles. The molecule has 0 radical (unpaired) electrons. The van der Waals surface area contributed by atoms with Gasteiger partial charge in [0.1, 0.15) is 12.2 Å². The van der Waals surface area contributed by atoms with Gasteiger partial charge in [0.25, 0.3) is 5.91 Å². The van der Waals surface area contributed by atoms with E-state index in [0.717, 1.165) is 11.3 Å². The van der Waals surface area contributed by atoms with E-state index < -0.39 is 6.17 Å². The topological polar surface area (TPSA) is 99.7 Å². The Hall–Kier alpha value is -3.80. The minimum atomic E-state index is -0.936. The number of halogens is 1. The van der Waals surface area contributed by atoms with Gasteiger partial charge < -0.3 is 10.2 Å². The summed E-state index contributed by atoms with van der Waals surface area (Å²) in [6, 6.07) is 10.5. The van der Waals surface area contributed by atoms with E-state index in [1.807, 2.05) is 0 Å². The zero-order chi connectivity index (χ0) is 21.1. The third kappa shape index (κ3) is 4.12. The summed E-state index contributed by atoms with van der Waals surface area (Å²) in [5, 5.41) is 16.3. The van der Waals surface area contributed by atoms with Gasteiger partial charge in [0, 0.05) is 35.8 Å². The van der Waals surface area contributed by atoms with Crippen molar-refractivity contribution in [1.29, 1.82) is 5.26 Å². The lowest BCUT2D eigenvalue weighted by Gasteiger charge is -2.15. The molecule has 1 unspecified atom stereocenters. The predicted molar refractivity (Wildman–Crippen MR) is 109 cm³/mol. The van der Waals surface area contributed by atoms with Crippen LogP contribution >= 0.6 is 0 Å². The average Bonchev–Trinajstić information content (AvgIpc) is 3.43. The van der Waals surface area contributed by atoms with Crippen LogP contribution in [-0.2, 0) is 0 Å². The fraction of sp³-hybridized carbons (Fsp3) is 0.286. The fourth-order valence-electron chi connectivity index (χ4n) is 3.23. The monoisotopic (exact) mass is 405 g/mol. The number of hydrogen-bond acceptors (Lipinski definition) is 6. The average molecular weight is 405 g/mol. The lowest BCUT2D eigenvalue weighted by molar-refractivity contribution is 0.0783. The Morgan fingerprint density at radius 2 is 2.13 bits per heavy atom. The first kappa shape index (κ1) is 19.5. The predicted octanol–water partition coefficient (Wildman–Crippen LogP) is 3.35. The van der Waals surface area contributed by atoms with Gasteiger partial charge in [-0.05, 0) is 43.7 Å². The van der Waals surface area contributed by atoms with Gasteiger partial charge in [-0.25, -0.2) is 14.4 Å². The first-order chi connectivity index (χ1) is 14.5. The van der Waals surface area contributed by atoms with E-state index >= 15 is 0 Å². The number of amides is 1. The van der Waals surface area contributed by atoms with Gasteiger partial charge in [-0.15, -0.1) is 0 Å². The Morgan fingerprint density at radius 1 is 1.33 bits per heavy atom. The Labute approximate surface area is 173 Å². The molecule has 1 aromatic carbocycles. The second-order valence-corrected chi connectivity index (χ2v) is 7.12. The van der Waals surface area contributed by atoms with Crippen LogP contribution in [0.15, 0.2) is 48.9 Å². The maximum absolute atomic E-state index is 13.3. The highest BCUT2D eigenvalue weighted by atomic mass is 19.1. The number of nitrogens with one attached hydrogen (secondary N) is 1. The molecule has 1 N–H and O–H groups in total. The Bertz CT molecular complexity index is 1090. The van der Waals surface area contributed by atoms with Crippen molar-refractivity contribution < 1.29 is 9.18 Å². The van der Waals surface area contributed by atoms with E-state index in [2.05, 4.69) is 26.5 Å². The number of rotatable bonds is 5. The number of carbonyl (C=O) groups is 1. The molecule has 2 atom stereocenters. The van der Waals surface area contributed by atoms with Crippen LogP contribution in [0.2, 0.25) is 0 Å². The summed E-state index contributed by atoms with van der Waals surface area (Å²) in [6.45, 7) is 2.37. The first-order valence-corrected chi connectivity index (χ1v) is 9.61. The van der Waals surface area contributed by atoms with Crippen LogP contribution in [0.3, 0.4) is 0 Å². The van der Waals surface area contributed by atoms with Crippen molar-refractivity contribution in [3.8, 4) is 17.3 Å². The standard InChI is InChI=1S/C21H20FN7O/c1-14(10-23)29-12-16(11-25-29)19-6-8-24-21(27-19)26-18-4-2-15(3-5-18)20(30)28-9-7-17(22)13-28/h2-6,8,11-12,14,17H,7,9,13H2,1H3,(H,24,26,27)/t14?,17-/m0/s1. The van der Waals surface area contributed by atoms with E-state index in [4.69, 9.17) is 5.26 Å². The fourth-order valence-corrected chi connectivity index (χ4v) is 3.23. The SMILES string of the molecule is CC(C#N)n1cc(-c2ccnc(Nc3ccc(C(=O)N4CC[C@H](F)C4)cc3)n2)cn1. The summed E-state index contributed by atoms with van der Waals surface area (Å²) in [7, 11) is 0. The molecule has 9 heteroatoms. The molecule has 1 aliphatic rings. The lowest BCUT2D eigenvalue weighted by Crippen LogP contribution is -2.28. The van der Waals surface area contributed by atoms with Crippen molar-refractivity contribution in [1.82, 2.24) is 24.6 Å². The quantitative estimate of drug-likeness (QED) is 0.699. The van der Waals surface area contributed by atoms with Crippen LogP contribution in [0, 0.1) is 11.3 Å². The van der Waals surface area contributed by atoms with Crippen molar-refractivity contribution in [3.05, 3.63) is 54.5 Å². The minimum Gasteiger partial charge on any atom is -0.336 e. The molecule has 4 rings (SSSR count). The summed E-state index contributed by atoms with van der Waals surface area (Å²) in [4.78, 5) is 22.7. The Morgan fingerprint density at radius 3 is 2.83 bits per heavy atom. The molecule has 8 nitrogen and oxygen atoms in total. The van der Waals surface area contributed by atoms with Gasteiger partial charge in [-0.3, -0.25) is 9.48 Å². The molecule has 0 spiro atoms. The minimum absolute atomic E-state index is 0.156. The molecular formula is C21H20FN7O. The number of likely N-dealkylation sites (tertiary alicyclic amines) is 1. The number of benzene rings is 1. The smallest absolute Gasteiger partial charge is 0.253 e. The first-order valence-electron chi connectivity index (χ1n) is 9.61. The number of hydrogen-bond donors (Lipinski definition) is 1. The van der Waals surface area contributed by atoms with Gasteiger partial charge in [-0.2, -0.15) is 10.4 Å². The highest BCUT2D eigenvalue weighted by molar-refractivity contribution is 5.94. The van der Waals surface area contributed by atoms with E-state index in [-0.39, 0.29) is 18.5 Å². The molecule has 152 valence electrons. The van der Waals surface area contributed by atoms with Crippen LogP contribution in [0.1, 0.15) is 29.7 Å². The van der Waals surface area contributed by atoms with Crippen LogP contribution in [0.25, 0.3) is 11.3 Å². The highest BCUT2D eigenvalue weighted by Gasteiger charge is 2.26. The molecule has 0 bridgehead atoms. The van der Waals surface area contributed by atoms with Gasteiger partial charge >= 0.3 is 0 Å². The maximum atomic E-state index is 13.3. The number of nitrogens with zero attached hydrogens (tertiary/aromatic N) is 6. The van der Waals surface area contributed by atoms with E-state index in [1.54, 1.807) is 60.5 Å². The van der Waals surface area contributed by atoms with Crippen molar-refractivity contribution in [2.45, 2.75) is 25.6 Å². The van der Waals surface area contributed by atoms with Crippen LogP contribution in [0.5, 0.6) is 0 Å². The van der Waals surface area contributed by atoms with Crippen molar-refractivity contribution in [2.75, 3.05) is 18.4 Å². The molecule has 30 heavy (non-hydrogen) atoms. The molecule has 3 aromatic rings. The second-order valence-electron chi connectivity index (χ2n) is 7.12. The summed E-state index contributed by atoms with van der Waals surface area (Å²) >= 11 is 0.